The SMILES string of the molecule is CC(=O)c1cc(-c2cccc(C#N)c2)ccc1OCc1ccccc1. The summed E-state index contributed by atoms with van der Waals surface area (Å²) in [6.07, 6.45) is 0. The van der Waals surface area contributed by atoms with Crippen LogP contribution in [0.4, 0.5) is 0 Å². The number of hydrogen-bond donors (Lipinski definition) is 0. The van der Waals surface area contributed by atoms with Gasteiger partial charge in [-0.1, -0.05) is 48.5 Å². The summed E-state index contributed by atoms with van der Waals surface area (Å²) in [5.41, 5.74) is 3.95. The molecule has 3 aromatic carbocycles. The normalized spacial score (nSPS) is 10.1. The highest BCUT2D eigenvalue weighted by atomic mass is 16.5. The van der Waals surface area contributed by atoms with Crippen LogP contribution in [0.25, 0.3) is 11.1 Å². The van der Waals surface area contributed by atoms with E-state index in [1.165, 1.54) is 6.92 Å². The third-order valence-electron chi connectivity index (χ3n) is 3.92. The average Bonchev–Trinajstić information content (AvgIpc) is 2.67. The first-order valence-electron chi connectivity index (χ1n) is 7.99. The number of carbonyl (C=O) groups excluding carboxylic acids is 1. The highest BCUT2D eigenvalue weighted by molar-refractivity contribution is 5.98. The summed E-state index contributed by atoms with van der Waals surface area (Å²) >= 11 is 0. The van der Waals surface area contributed by atoms with Gasteiger partial charge in [0, 0.05) is 0 Å². The van der Waals surface area contributed by atoms with Crippen LogP contribution in [0.15, 0.2) is 72.8 Å². The van der Waals surface area contributed by atoms with Crippen molar-refractivity contribution >= 4 is 5.78 Å². The predicted octanol–water partition coefficient (Wildman–Crippen LogP) is 5.01. The van der Waals surface area contributed by atoms with Gasteiger partial charge in [-0.05, 0) is 47.9 Å². The number of Topliss-reactive ketones (excluding diaryl/α,β-unsaturated/α-hetero) is 1. The molecule has 0 radical (unpaired) electrons. The van der Waals surface area contributed by atoms with Crippen LogP contribution in [0.2, 0.25) is 0 Å². The molecule has 25 heavy (non-hydrogen) atoms. The Bertz CT molecular complexity index is 940. The molecule has 3 nitrogen and oxygen atoms in total. The number of ketones is 1. The molecule has 0 aliphatic rings. The van der Waals surface area contributed by atoms with E-state index in [0.717, 1.165) is 16.7 Å². The van der Waals surface area contributed by atoms with Gasteiger partial charge >= 0.3 is 0 Å². The van der Waals surface area contributed by atoms with Crippen LogP contribution in [0.3, 0.4) is 0 Å². The first-order chi connectivity index (χ1) is 12.2. The van der Waals surface area contributed by atoms with Crippen LogP contribution in [0, 0.1) is 11.3 Å². The molecular formula is C22H17NO2. The molecule has 0 aromatic heterocycles. The number of benzene rings is 3. The van der Waals surface area contributed by atoms with Gasteiger partial charge in [0.15, 0.2) is 5.78 Å². The van der Waals surface area contributed by atoms with E-state index in [1.54, 1.807) is 6.07 Å². The maximum atomic E-state index is 12.1. The highest BCUT2D eigenvalue weighted by Crippen LogP contribution is 2.28. The molecule has 0 atom stereocenters. The molecule has 0 amide bonds. The number of nitrogens with zero attached hydrogens (tertiary/aromatic N) is 1. The van der Waals surface area contributed by atoms with Crippen LogP contribution in [-0.4, -0.2) is 5.78 Å². The van der Waals surface area contributed by atoms with E-state index in [0.29, 0.717) is 23.5 Å². The molecule has 0 spiro atoms. The van der Waals surface area contributed by atoms with Gasteiger partial charge in [0.1, 0.15) is 12.4 Å². The summed E-state index contributed by atoms with van der Waals surface area (Å²) in [5.74, 6) is 0.512. The average molecular weight is 327 g/mol. The monoisotopic (exact) mass is 327 g/mol. The fraction of sp³-hybridized carbons (Fsp3) is 0.0909. The predicted molar refractivity (Wildman–Crippen MR) is 97.4 cm³/mol. The highest BCUT2D eigenvalue weighted by Gasteiger charge is 2.11. The van der Waals surface area contributed by atoms with E-state index in [4.69, 9.17) is 10.00 Å². The Labute approximate surface area is 147 Å². The number of hydrogen-bond acceptors (Lipinski definition) is 3. The lowest BCUT2D eigenvalue weighted by Gasteiger charge is -2.12. The third-order valence-corrected chi connectivity index (χ3v) is 3.92. The fourth-order valence-electron chi connectivity index (χ4n) is 2.61. The molecule has 3 heteroatoms. The largest absolute Gasteiger partial charge is 0.488 e. The van der Waals surface area contributed by atoms with Gasteiger partial charge in [0.2, 0.25) is 0 Å². The van der Waals surface area contributed by atoms with E-state index in [-0.39, 0.29) is 5.78 Å². The minimum absolute atomic E-state index is 0.0543. The summed E-state index contributed by atoms with van der Waals surface area (Å²) in [7, 11) is 0. The number of nitriles is 1. The second-order valence-electron chi connectivity index (χ2n) is 5.73. The molecule has 0 saturated carbocycles. The minimum atomic E-state index is -0.0543. The molecule has 0 unspecified atom stereocenters. The summed E-state index contributed by atoms with van der Waals surface area (Å²) in [6, 6.07) is 24.8. The zero-order chi connectivity index (χ0) is 17.6. The first-order valence-corrected chi connectivity index (χ1v) is 7.99. The van der Waals surface area contributed by atoms with E-state index in [2.05, 4.69) is 6.07 Å². The smallest absolute Gasteiger partial charge is 0.163 e. The summed E-state index contributed by atoms with van der Waals surface area (Å²) < 4.78 is 5.85. The van der Waals surface area contributed by atoms with E-state index in [1.807, 2.05) is 66.7 Å². The zero-order valence-corrected chi connectivity index (χ0v) is 13.9. The van der Waals surface area contributed by atoms with Crippen molar-refractivity contribution in [1.82, 2.24) is 0 Å². The molecule has 3 aromatic rings. The van der Waals surface area contributed by atoms with Gasteiger partial charge in [0.25, 0.3) is 0 Å². The van der Waals surface area contributed by atoms with Crippen LogP contribution in [-0.2, 0) is 6.61 Å². The summed E-state index contributed by atoms with van der Waals surface area (Å²) in [5, 5.41) is 9.05. The van der Waals surface area contributed by atoms with Gasteiger partial charge in [0.05, 0.1) is 17.2 Å². The Kier molecular flexibility index (Phi) is 4.92. The molecule has 0 aliphatic carbocycles. The first kappa shape index (κ1) is 16.5. The van der Waals surface area contributed by atoms with Crippen molar-refractivity contribution in [3.63, 3.8) is 0 Å². The zero-order valence-electron chi connectivity index (χ0n) is 13.9. The number of ether oxygens (including phenoxy) is 1. The number of rotatable bonds is 5. The van der Waals surface area contributed by atoms with E-state index >= 15 is 0 Å². The second-order valence-corrected chi connectivity index (χ2v) is 5.73. The van der Waals surface area contributed by atoms with Crippen molar-refractivity contribution in [1.29, 1.82) is 5.26 Å². The fourth-order valence-corrected chi connectivity index (χ4v) is 2.61. The molecule has 122 valence electrons. The van der Waals surface area contributed by atoms with Crippen LogP contribution < -0.4 is 4.74 Å². The maximum Gasteiger partial charge on any atom is 0.163 e. The third kappa shape index (κ3) is 3.94. The van der Waals surface area contributed by atoms with Crippen LogP contribution >= 0.6 is 0 Å². The molecule has 0 N–H and O–H groups in total. The standard InChI is InChI=1S/C22H17NO2/c1-16(24)21-13-20(19-9-5-8-18(12-19)14-23)10-11-22(21)25-15-17-6-3-2-4-7-17/h2-13H,15H2,1H3. The molecule has 0 fully saturated rings. The topological polar surface area (TPSA) is 50.1 Å². The van der Waals surface area contributed by atoms with Gasteiger partial charge in [-0.2, -0.15) is 5.26 Å². The van der Waals surface area contributed by atoms with Crippen molar-refractivity contribution in [3.8, 4) is 22.9 Å². The van der Waals surface area contributed by atoms with E-state index in [9.17, 15) is 4.79 Å². The Morgan fingerprint density at radius 3 is 2.44 bits per heavy atom. The molecule has 0 saturated heterocycles. The lowest BCUT2D eigenvalue weighted by Crippen LogP contribution is -2.02. The van der Waals surface area contributed by atoms with Crippen LogP contribution in [0.1, 0.15) is 28.4 Å². The molecule has 3 rings (SSSR count). The maximum absolute atomic E-state index is 12.1. The quantitative estimate of drug-likeness (QED) is 0.619. The minimum Gasteiger partial charge on any atom is -0.488 e. The van der Waals surface area contributed by atoms with Gasteiger partial charge < -0.3 is 4.74 Å². The molecule has 0 bridgehead atoms. The number of carbonyl (C=O) groups is 1. The summed E-state index contributed by atoms with van der Waals surface area (Å²) in [6.45, 7) is 1.94. The second kappa shape index (κ2) is 7.46. The Hall–Kier alpha value is -3.38. The lowest BCUT2D eigenvalue weighted by atomic mass is 9.99. The Morgan fingerprint density at radius 1 is 0.960 bits per heavy atom. The molecule has 0 aliphatic heterocycles. The summed E-state index contributed by atoms with van der Waals surface area (Å²) in [4.78, 5) is 12.1. The van der Waals surface area contributed by atoms with E-state index < -0.39 is 0 Å². The van der Waals surface area contributed by atoms with Crippen LogP contribution in [0.5, 0.6) is 5.75 Å². The molecular weight excluding hydrogens is 310 g/mol. The van der Waals surface area contributed by atoms with Crippen molar-refractivity contribution < 1.29 is 9.53 Å². The Balaban J connectivity index is 1.90. The Morgan fingerprint density at radius 2 is 1.72 bits per heavy atom. The molecule has 0 heterocycles. The van der Waals surface area contributed by atoms with Crippen molar-refractivity contribution in [3.05, 3.63) is 89.5 Å². The van der Waals surface area contributed by atoms with Gasteiger partial charge in [-0.25, -0.2) is 0 Å². The lowest BCUT2D eigenvalue weighted by molar-refractivity contribution is 0.101. The van der Waals surface area contributed by atoms with Crippen molar-refractivity contribution in [2.75, 3.05) is 0 Å². The van der Waals surface area contributed by atoms with Gasteiger partial charge in [-0.15, -0.1) is 0 Å². The van der Waals surface area contributed by atoms with Gasteiger partial charge in [-0.3, -0.25) is 4.79 Å². The van der Waals surface area contributed by atoms with Crippen molar-refractivity contribution in [2.45, 2.75) is 13.5 Å². The van der Waals surface area contributed by atoms with Crippen molar-refractivity contribution in [2.24, 2.45) is 0 Å².